The summed E-state index contributed by atoms with van der Waals surface area (Å²) in [4.78, 5) is 6.76. The van der Waals surface area contributed by atoms with Crippen molar-refractivity contribution >= 4 is 0 Å². The van der Waals surface area contributed by atoms with Crippen molar-refractivity contribution in [3.05, 3.63) is 59.9 Å². The summed E-state index contributed by atoms with van der Waals surface area (Å²) in [7, 11) is 4.21. The minimum absolute atomic E-state index is 0.323. The molecule has 1 unspecified atom stereocenters. The van der Waals surface area contributed by atoms with Gasteiger partial charge in [-0.05, 0) is 63.8 Å². The fourth-order valence-corrected chi connectivity index (χ4v) is 2.42. The quantitative estimate of drug-likeness (QED) is 0.777. The Labute approximate surface area is 127 Å². The highest BCUT2D eigenvalue weighted by atomic mass is 16.5. The smallest absolute Gasteiger partial charge is 0.119 e. The topological polar surface area (TPSA) is 25.4 Å². The van der Waals surface area contributed by atoms with Crippen molar-refractivity contribution < 1.29 is 4.74 Å². The standard InChI is InChI=1S/C18H24N2O/c1-4-21-16-10-8-15(9-11-16)17(12-14-20(2)3)18-7-5-6-13-19-18/h5-11,13,17H,4,12,14H2,1-3H3. The third-order valence-electron chi connectivity index (χ3n) is 3.50. The van der Waals surface area contributed by atoms with Crippen molar-refractivity contribution in [3.63, 3.8) is 0 Å². The predicted octanol–water partition coefficient (Wildman–Crippen LogP) is 3.56. The van der Waals surface area contributed by atoms with E-state index < -0.39 is 0 Å². The summed E-state index contributed by atoms with van der Waals surface area (Å²) >= 11 is 0. The number of rotatable bonds is 7. The van der Waals surface area contributed by atoms with E-state index in [2.05, 4.69) is 48.2 Å². The molecule has 0 aliphatic rings. The molecule has 2 rings (SSSR count). The molecular weight excluding hydrogens is 260 g/mol. The third kappa shape index (κ3) is 4.57. The van der Waals surface area contributed by atoms with Crippen LogP contribution >= 0.6 is 0 Å². The Balaban J connectivity index is 2.22. The number of hydrogen-bond donors (Lipinski definition) is 0. The van der Waals surface area contributed by atoms with Crippen LogP contribution in [0, 0.1) is 0 Å². The number of ether oxygens (including phenoxy) is 1. The average Bonchev–Trinajstić information content (AvgIpc) is 2.50. The first kappa shape index (κ1) is 15.5. The van der Waals surface area contributed by atoms with Crippen molar-refractivity contribution in [2.75, 3.05) is 27.2 Å². The molecule has 0 fully saturated rings. The minimum Gasteiger partial charge on any atom is -0.494 e. The molecule has 0 radical (unpaired) electrons. The highest BCUT2D eigenvalue weighted by Crippen LogP contribution is 2.28. The number of pyridine rings is 1. The molecule has 2 aromatic rings. The molecule has 0 saturated heterocycles. The van der Waals surface area contributed by atoms with Crippen molar-refractivity contribution in [3.8, 4) is 5.75 Å². The van der Waals surface area contributed by atoms with Gasteiger partial charge in [-0.1, -0.05) is 18.2 Å². The summed E-state index contributed by atoms with van der Waals surface area (Å²) in [5, 5.41) is 0. The molecule has 1 aromatic heterocycles. The molecule has 0 amide bonds. The first-order valence-corrected chi connectivity index (χ1v) is 7.49. The van der Waals surface area contributed by atoms with Crippen molar-refractivity contribution in [2.45, 2.75) is 19.3 Å². The second-order valence-electron chi connectivity index (χ2n) is 5.40. The van der Waals surface area contributed by atoms with Crippen molar-refractivity contribution in [1.82, 2.24) is 9.88 Å². The molecular formula is C18H24N2O. The number of nitrogens with zero attached hydrogens (tertiary/aromatic N) is 2. The lowest BCUT2D eigenvalue weighted by molar-refractivity contribution is 0.340. The van der Waals surface area contributed by atoms with Crippen LogP contribution in [0.15, 0.2) is 48.7 Å². The SMILES string of the molecule is CCOc1ccc(C(CCN(C)C)c2ccccn2)cc1. The molecule has 0 saturated carbocycles. The van der Waals surface area contributed by atoms with Crippen LogP contribution in [0.2, 0.25) is 0 Å². The van der Waals surface area contributed by atoms with Crippen LogP contribution in [0.25, 0.3) is 0 Å². The van der Waals surface area contributed by atoms with E-state index in [4.69, 9.17) is 4.74 Å². The van der Waals surface area contributed by atoms with E-state index in [9.17, 15) is 0 Å². The summed E-state index contributed by atoms with van der Waals surface area (Å²) < 4.78 is 5.52. The average molecular weight is 284 g/mol. The Morgan fingerprint density at radius 2 is 1.86 bits per heavy atom. The molecule has 0 N–H and O–H groups in total. The Hall–Kier alpha value is -1.87. The molecule has 3 heteroatoms. The van der Waals surface area contributed by atoms with Crippen LogP contribution in [0.5, 0.6) is 5.75 Å². The lowest BCUT2D eigenvalue weighted by atomic mass is 9.92. The monoisotopic (exact) mass is 284 g/mol. The zero-order valence-corrected chi connectivity index (χ0v) is 13.1. The maximum absolute atomic E-state index is 5.52. The van der Waals surface area contributed by atoms with Crippen molar-refractivity contribution in [2.24, 2.45) is 0 Å². The largest absolute Gasteiger partial charge is 0.494 e. The van der Waals surface area contributed by atoms with E-state index in [0.717, 1.165) is 24.4 Å². The van der Waals surface area contributed by atoms with Crippen LogP contribution in [0.4, 0.5) is 0 Å². The van der Waals surface area contributed by atoms with Gasteiger partial charge in [0.05, 0.1) is 6.61 Å². The second-order valence-corrected chi connectivity index (χ2v) is 5.40. The molecule has 0 aliphatic carbocycles. The Morgan fingerprint density at radius 1 is 1.10 bits per heavy atom. The highest BCUT2D eigenvalue weighted by molar-refractivity contribution is 5.33. The fourth-order valence-electron chi connectivity index (χ4n) is 2.42. The van der Waals surface area contributed by atoms with E-state index in [1.54, 1.807) is 0 Å². The van der Waals surface area contributed by atoms with Gasteiger partial charge < -0.3 is 9.64 Å². The number of aromatic nitrogens is 1. The summed E-state index contributed by atoms with van der Waals surface area (Å²) in [6.07, 6.45) is 2.92. The van der Waals surface area contributed by atoms with Crippen LogP contribution < -0.4 is 4.74 Å². The molecule has 0 aliphatic heterocycles. The molecule has 3 nitrogen and oxygen atoms in total. The lowest BCUT2D eigenvalue weighted by Gasteiger charge is -2.19. The van der Waals surface area contributed by atoms with Gasteiger partial charge in [0.1, 0.15) is 5.75 Å². The normalized spacial score (nSPS) is 12.4. The summed E-state index contributed by atoms with van der Waals surface area (Å²) in [6.45, 7) is 3.74. The zero-order valence-electron chi connectivity index (χ0n) is 13.1. The van der Waals surface area contributed by atoms with Gasteiger partial charge in [-0.25, -0.2) is 0 Å². The first-order chi connectivity index (χ1) is 10.2. The lowest BCUT2D eigenvalue weighted by Crippen LogP contribution is -2.17. The summed E-state index contributed by atoms with van der Waals surface area (Å²) in [5.74, 6) is 1.25. The van der Waals surface area contributed by atoms with Gasteiger partial charge in [0, 0.05) is 17.8 Å². The second kappa shape index (κ2) is 7.79. The maximum atomic E-state index is 5.52. The van der Waals surface area contributed by atoms with Crippen LogP contribution in [0.1, 0.15) is 30.5 Å². The first-order valence-electron chi connectivity index (χ1n) is 7.49. The molecule has 0 spiro atoms. The molecule has 112 valence electrons. The molecule has 1 heterocycles. The number of hydrogen-bond acceptors (Lipinski definition) is 3. The fraction of sp³-hybridized carbons (Fsp3) is 0.389. The van der Waals surface area contributed by atoms with Crippen molar-refractivity contribution in [1.29, 1.82) is 0 Å². The summed E-state index contributed by atoms with van der Waals surface area (Å²) in [5.41, 5.74) is 2.42. The van der Waals surface area contributed by atoms with Crippen LogP contribution in [0.3, 0.4) is 0 Å². The van der Waals surface area contributed by atoms with Gasteiger partial charge in [-0.3, -0.25) is 4.98 Å². The molecule has 1 aromatic carbocycles. The highest BCUT2D eigenvalue weighted by Gasteiger charge is 2.15. The van der Waals surface area contributed by atoms with Gasteiger partial charge in [0.2, 0.25) is 0 Å². The zero-order chi connectivity index (χ0) is 15.1. The molecule has 21 heavy (non-hydrogen) atoms. The van der Waals surface area contributed by atoms with E-state index in [1.807, 2.05) is 31.3 Å². The van der Waals surface area contributed by atoms with E-state index in [-0.39, 0.29) is 0 Å². The molecule has 0 bridgehead atoms. The van der Waals surface area contributed by atoms with Gasteiger partial charge >= 0.3 is 0 Å². The number of benzene rings is 1. The predicted molar refractivity (Wildman–Crippen MR) is 86.9 cm³/mol. The van der Waals surface area contributed by atoms with Gasteiger partial charge in [0.25, 0.3) is 0 Å². The van der Waals surface area contributed by atoms with E-state index >= 15 is 0 Å². The van der Waals surface area contributed by atoms with Crippen LogP contribution in [-0.2, 0) is 0 Å². The maximum Gasteiger partial charge on any atom is 0.119 e. The van der Waals surface area contributed by atoms with Gasteiger partial charge in [0.15, 0.2) is 0 Å². The molecule has 1 atom stereocenters. The summed E-state index contributed by atoms with van der Waals surface area (Å²) in [6, 6.07) is 14.5. The van der Waals surface area contributed by atoms with E-state index in [0.29, 0.717) is 12.5 Å². The minimum atomic E-state index is 0.323. The Morgan fingerprint density at radius 3 is 2.43 bits per heavy atom. The van der Waals surface area contributed by atoms with E-state index in [1.165, 1.54) is 5.56 Å². The van der Waals surface area contributed by atoms with Gasteiger partial charge in [-0.15, -0.1) is 0 Å². The van der Waals surface area contributed by atoms with Crippen LogP contribution in [-0.4, -0.2) is 37.1 Å². The Bertz CT molecular complexity index is 523. The third-order valence-corrected chi connectivity index (χ3v) is 3.50. The van der Waals surface area contributed by atoms with Gasteiger partial charge in [-0.2, -0.15) is 0 Å². The Kier molecular flexibility index (Phi) is 5.76.